The summed E-state index contributed by atoms with van der Waals surface area (Å²) < 4.78 is 16.1. The summed E-state index contributed by atoms with van der Waals surface area (Å²) in [7, 11) is 2.82. The van der Waals surface area contributed by atoms with E-state index in [-0.39, 0.29) is 22.8 Å². The van der Waals surface area contributed by atoms with Gasteiger partial charge in [-0.25, -0.2) is 9.59 Å². The molecule has 0 aliphatic rings. The minimum atomic E-state index is -0.988. The Kier molecular flexibility index (Phi) is 7.46. The largest absolute Gasteiger partial charge is 0.493 e. The van der Waals surface area contributed by atoms with E-state index in [0.29, 0.717) is 22.7 Å². The normalized spacial score (nSPS) is 10.7. The highest BCUT2D eigenvalue weighted by Gasteiger charge is 2.13. The third-order valence-electron chi connectivity index (χ3n) is 4.52. The summed E-state index contributed by atoms with van der Waals surface area (Å²) in [5, 5.41) is 9.30. The maximum atomic E-state index is 11.8. The number of benzene rings is 3. The van der Waals surface area contributed by atoms with Gasteiger partial charge in [0, 0.05) is 11.8 Å². The lowest BCUT2D eigenvalue weighted by Crippen LogP contribution is -2.02. The summed E-state index contributed by atoms with van der Waals surface area (Å²) in [4.78, 5) is 27.3. The predicted octanol–water partition coefficient (Wildman–Crippen LogP) is 5.16. The molecule has 0 saturated carbocycles. The van der Waals surface area contributed by atoms with Crippen LogP contribution in [0.2, 0.25) is 5.02 Å². The van der Waals surface area contributed by atoms with Crippen LogP contribution in [0.5, 0.6) is 11.5 Å². The molecule has 1 N–H and O–H groups in total. The molecule has 0 fully saturated rings. The molecule has 0 bridgehead atoms. The number of carboxylic acid groups (broad SMARTS) is 1. The van der Waals surface area contributed by atoms with Crippen LogP contribution in [0.1, 0.15) is 31.8 Å². The third kappa shape index (κ3) is 5.44. The highest BCUT2D eigenvalue weighted by atomic mass is 35.5. The van der Waals surface area contributed by atoms with Crippen molar-refractivity contribution in [2.75, 3.05) is 14.2 Å². The topological polar surface area (TPSA) is 94.4 Å². The van der Waals surface area contributed by atoms with Crippen molar-refractivity contribution in [3.05, 3.63) is 87.9 Å². The summed E-state index contributed by atoms with van der Waals surface area (Å²) in [5.74, 6) is -0.546. The molecular formula is C24H20ClNO6. The molecule has 0 spiro atoms. The highest BCUT2D eigenvalue weighted by molar-refractivity contribution is 6.33. The van der Waals surface area contributed by atoms with Gasteiger partial charge in [0.2, 0.25) is 0 Å². The Labute approximate surface area is 189 Å². The fraction of sp³-hybridized carbons (Fsp3) is 0.125. The van der Waals surface area contributed by atoms with E-state index < -0.39 is 11.9 Å². The fourth-order valence-electron chi connectivity index (χ4n) is 2.85. The number of ether oxygens (including phenoxy) is 3. The average molecular weight is 454 g/mol. The van der Waals surface area contributed by atoms with E-state index in [4.69, 9.17) is 30.9 Å². The average Bonchev–Trinajstić information content (AvgIpc) is 2.82. The number of halogens is 1. The lowest BCUT2D eigenvalue weighted by atomic mass is 10.1. The molecule has 0 amide bonds. The van der Waals surface area contributed by atoms with Crippen molar-refractivity contribution >= 4 is 35.4 Å². The molecule has 0 aliphatic carbocycles. The van der Waals surface area contributed by atoms with Crippen molar-refractivity contribution in [1.82, 2.24) is 0 Å². The fourth-order valence-corrected chi connectivity index (χ4v) is 3.05. The Morgan fingerprint density at radius 1 is 1.06 bits per heavy atom. The van der Waals surface area contributed by atoms with Crippen LogP contribution < -0.4 is 9.47 Å². The smallest absolute Gasteiger partial charge is 0.339 e. The van der Waals surface area contributed by atoms with Crippen LogP contribution in [0.4, 0.5) is 5.69 Å². The van der Waals surface area contributed by atoms with E-state index in [2.05, 4.69) is 4.99 Å². The molecule has 7 nitrogen and oxygen atoms in total. The zero-order valence-electron chi connectivity index (χ0n) is 17.4. The molecule has 164 valence electrons. The zero-order chi connectivity index (χ0) is 23.1. The van der Waals surface area contributed by atoms with E-state index in [1.54, 1.807) is 42.6 Å². The van der Waals surface area contributed by atoms with Crippen LogP contribution in [0.25, 0.3) is 0 Å². The van der Waals surface area contributed by atoms with Gasteiger partial charge < -0.3 is 19.3 Å². The number of carboxylic acids is 1. The SMILES string of the molecule is COC(=O)c1cc(N=Cc2cccc(OC)c2OCc2ccc(C(=O)O)cc2)ccc1Cl. The first-order valence-corrected chi connectivity index (χ1v) is 9.84. The maximum absolute atomic E-state index is 11.8. The number of hydrogen-bond acceptors (Lipinski definition) is 6. The minimum absolute atomic E-state index is 0.202. The Morgan fingerprint density at radius 3 is 2.47 bits per heavy atom. The van der Waals surface area contributed by atoms with Gasteiger partial charge in [-0.1, -0.05) is 29.8 Å². The van der Waals surface area contributed by atoms with Crippen LogP contribution >= 0.6 is 11.6 Å². The van der Waals surface area contributed by atoms with E-state index >= 15 is 0 Å². The Morgan fingerprint density at radius 2 is 1.81 bits per heavy atom. The van der Waals surface area contributed by atoms with Gasteiger partial charge in [0.05, 0.1) is 36.1 Å². The summed E-state index contributed by atoms with van der Waals surface area (Å²) in [6.07, 6.45) is 1.59. The van der Waals surface area contributed by atoms with Gasteiger partial charge in [0.15, 0.2) is 11.5 Å². The number of carbonyl (C=O) groups is 2. The van der Waals surface area contributed by atoms with Gasteiger partial charge in [-0.15, -0.1) is 0 Å². The first-order chi connectivity index (χ1) is 15.4. The number of hydrogen-bond donors (Lipinski definition) is 1. The second-order valence-corrected chi connectivity index (χ2v) is 6.99. The Balaban J connectivity index is 1.85. The molecule has 32 heavy (non-hydrogen) atoms. The lowest BCUT2D eigenvalue weighted by Gasteiger charge is -2.13. The first-order valence-electron chi connectivity index (χ1n) is 9.47. The van der Waals surface area contributed by atoms with Crippen molar-refractivity contribution in [1.29, 1.82) is 0 Å². The van der Waals surface area contributed by atoms with E-state index in [1.165, 1.54) is 32.4 Å². The van der Waals surface area contributed by atoms with Gasteiger partial charge in [-0.3, -0.25) is 4.99 Å². The van der Waals surface area contributed by atoms with Crippen molar-refractivity contribution in [3.63, 3.8) is 0 Å². The number of methoxy groups -OCH3 is 2. The van der Waals surface area contributed by atoms with E-state index in [1.807, 2.05) is 6.07 Å². The molecule has 8 heteroatoms. The van der Waals surface area contributed by atoms with Gasteiger partial charge in [0.1, 0.15) is 6.61 Å². The molecular weight excluding hydrogens is 434 g/mol. The molecule has 0 aromatic heterocycles. The predicted molar refractivity (Wildman–Crippen MR) is 121 cm³/mol. The van der Waals surface area contributed by atoms with Crippen molar-refractivity contribution in [2.24, 2.45) is 4.99 Å². The maximum Gasteiger partial charge on any atom is 0.339 e. The number of aromatic carboxylic acids is 1. The second kappa shape index (κ2) is 10.5. The van der Waals surface area contributed by atoms with Crippen molar-refractivity contribution < 1.29 is 28.9 Å². The monoisotopic (exact) mass is 453 g/mol. The number of aliphatic imine (C=N–C) groups is 1. The van der Waals surface area contributed by atoms with Crippen molar-refractivity contribution in [3.8, 4) is 11.5 Å². The zero-order valence-corrected chi connectivity index (χ0v) is 18.1. The van der Waals surface area contributed by atoms with Gasteiger partial charge in [0.25, 0.3) is 0 Å². The molecule has 0 aliphatic heterocycles. The number of nitrogens with zero attached hydrogens (tertiary/aromatic N) is 1. The van der Waals surface area contributed by atoms with Gasteiger partial charge in [-0.05, 0) is 48.0 Å². The van der Waals surface area contributed by atoms with Crippen LogP contribution in [-0.2, 0) is 11.3 Å². The van der Waals surface area contributed by atoms with Crippen LogP contribution in [0.3, 0.4) is 0 Å². The van der Waals surface area contributed by atoms with Gasteiger partial charge >= 0.3 is 11.9 Å². The molecule has 0 atom stereocenters. The molecule has 3 aromatic rings. The molecule has 3 rings (SSSR count). The van der Waals surface area contributed by atoms with E-state index in [0.717, 1.165) is 5.56 Å². The molecule has 0 radical (unpaired) electrons. The number of para-hydroxylation sites is 1. The quantitative estimate of drug-likeness (QED) is 0.374. The van der Waals surface area contributed by atoms with Gasteiger partial charge in [-0.2, -0.15) is 0 Å². The first kappa shape index (κ1) is 22.8. The van der Waals surface area contributed by atoms with E-state index in [9.17, 15) is 9.59 Å². The molecule has 0 unspecified atom stereocenters. The van der Waals surface area contributed by atoms with Crippen LogP contribution in [0, 0.1) is 0 Å². The van der Waals surface area contributed by atoms with Crippen LogP contribution in [-0.4, -0.2) is 37.5 Å². The Bertz CT molecular complexity index is 1160. The molecule has 0 heterocycles. The number of rotatable bonds is 8. The summed E-state index contributed by atoms with van der Waals surface area (Å²) in [6, 6.07) is 16.6. The molecule has 0 saturated heterocycles. The standard InChI is InChI=1S/C24H20ClNO6/c1-30-21-5-3-4-17(13-26-18-10-11-20(25)19(12-18)24(29)31-2)22(21)32-14-15-6-8-16(9-7-15)23(27)28/h3-13H,14H2,1-2H3,(H,27,28). The van der Waals surface area contributed by atoms with Crippen molar-refractivity contribution in [2.45, 2.75) is 6.61 Å². The third-order valence-corrected chi connectivity index (χ3v) is 4.85. The minimum Gasteiger partial charge on any atom is -0.493 e. The summed E-state index contributed by atoms with van der Waals surface area (Å²) in [5.41, 5.74) is 2.38. The lowest BCUT2D eigenvalue weighted by molar-refractivity contribution is 0.0600. The second-order valence-electron chi connectivity index (χ2n) is 6.58. The van der Waals surface area contributed by atoms with Crippen LogP contribution in [0.15, 0.2) is 65.7 Å². The number of esters is 1. The summed E-state index contributed by atoms with van der Waals surface area (Å²) >= 11 is 6.06. The highest BCUT2D eigenvalue weighted by Crippen LogP contribution is 2.31. The molecule has 3 aromatic carbocycles. The Hall–Kier alpha value is -3.84. The summed E-state index contributed by atoms with van der Waals surface area (Å²) in [6.45, 7) is 0.203. The number of carbonyl (C=O) groups excluding carboxylic acids is 1.